The minimum Gasteiger partial charge on any atom is -0.480 e. The van der Waals surface area contributed by atoms with Gasteiger partial charge in [0.25, 0.3) is 0 Å². The van der Waals surface area contributed by atoms with Crippen LogP contribution in [0.5, 0.6) is 11.8 Å². The third-order valence-corrected chi connectivity index (χ3v) is 9.75. The molecule has 4 heterocycles. The number of carbonyl (C=O) groups excluding carboxylic acids is 1. The second-order valence-corrected chi connectivity index (χ2v) is 13.0. The maximum absolute atomic E-state index is 11.5. The number of aliphatic hydroxyl groups is 1. The lowest BCUT2D eigenvalue weighted by molar-refractivity contribution is -0.119. The number of methoxy groups -OCH3 is 2. The fourth-order valence-electron chi connectivity index (χ4n) is 6.26. The normalized spacial score (nSPS) is 19.7. The van der Waals surface area contributed by atoms with Crippen molar-refractivity contribution in [1.82, 2.24) is 35.5 Å². The molecule has 0 saturated carbocycles. The summed E-state index contributed by atoms with van der Waals surface area (Å²) in [5.74, 6) is 1.10. The summed E-state index contributed by atoms with van der Waals surface area (Å²) in [6.07, 6.45) is 5.22. The number of hydrogen-bond acceptors (Lipinski definition) is 10. The van der Waals surface area contributed by atoms with Crippen LogP contribution in [0.15, 0.2) is 48.8 Å². The summed E-state index contributed by atoms with van der Waals surface area (Å²) < 4.78 is 11.2. The van der Waals surface area contributed by atoms with E-state index in [1.807, 2.05) is 36.4 Å². The van der Waals surface area contributed by atoms with Crippen molar-refractivity contribution in [2.24, 2.45) is 5.92 Å². The van der Waals surface area contributed by atoms with Crippen molar-refractivity contribution in [2.45, 2.75) is 51.4 Å². The van der Waals surface area contributed by atoms with Gasteiger partial charge in [0.2, 0.25) is 17.7 Å². The monoisotopic (exact) mass is 691 g/mol. The predicted molar refractivity (Wildman–Crippen MR) is 185 cm³/mol. The molecule has 48 heavy (non-hydrogen) atoms. The Bertz CT molecular complexity index is 1790. The minimum atomic E-state index is -0.274. The molecule has 2 aliphatic rings. The van der Waals surface area contributed by atoms with Gasteiger partial charge < -0.3 is 25.2 Å². The quantitative estimate of drug-likeness (QED) is 0.194. The van der Waals surface area contributed by atoms with Gasteiger partial charge in [-0.05, 0) is 18.8 Å². The van der Waals surface area contributed by atoms with E-state index in [-0.39, 0.29) is 24.0 Å². The molecule has 1 amide bonds. The van der Waals surface area contributed by atoms with Crippen LogP contribution in [-0.4, -0.2) is 81.8 Å². The Morgan fingerprint density at radius 1 is 0.917 bits per heavy atom. The Morgan fingerprint density at radius 3 is 2.06 bits per heavy atom. The number of amides is 1. The number of halogens is 2. The molecule has 0 radical (unpaired) electrons. The van der Waals surface area contributed by atoms with Gasteiger partial charge >= 0.3 is 0 Å². The molecule has 252 valence electrons. The first-order valence-electron chi connectivity index (χ1n) is 16.0. The maximum atomic E-state index is 11.5. The summed E-state index contributed by atoms with van der Waals surface area (Å²) in [6.45, 7) is 5.28. The molecule has 4 aromatic rings. The zero-order chi connectivity index (χ0) is 33.8. The molecule has 0 unspecified atom stereocenters. The molecule has 6 rings (SSSR count). The molecule has 0 spiro atoms. The summed E-state index contributed by atoms with van der Waals surface area (Å²) in [5, 5.41) is 17.3. The van der Waals surface area contributed by atoms with Crippen molar-refractivity contribution < 1.29 is 19.4 Å². The van der Waals surface area contributed by atoms with Crippen molar-refractivity contribution in [3.05, 3.63) is 70.2 Å². The lowest BCUT2D eigenvalue weighted by Crippen LogP contribution is -2.41. The molecular formula is C35H39Cl2N7O4. The lowest BCUT2D eigenvalue weighted by Gasteiger charge is -2.34. The Balaban J connectivity index is 1.23. The molecule has 3 N–H and O–H groups in total. The number of piperidine rings is 1. The van der Waals surface area contributed by atoms with Gasteiger partial charge in [0.05, 0.1) is 54.2 Å². The van der Waals surface area contributed by atoms with Crippen LogP contribution in [0.1, 0.15) is 37.6 Å². The molecular weight excluding hydrogens is 653 g/mol. The summed E-state index contributed by atoms with van der Waals surface area (Å²) in [4.78, 5) is 32.6. The predicted octanol–water partition coefficient (Wildman–Crippen LogP) is 5.16. The number of nitrogens with zero attached hydrogens (tertiary/aromatic N) is 5. The van der Waals surface area contributed by atoms with E-state index in [2.05, 4.69) is 27.4 Å². The molecule has 2 aromatic heterocycles. The number of hydrogen-bond donors (Lipinski definition) is 3. The summed E-state index contributed by atoms with van der Waals surface area (Å²) in [6, 6.07) is 11.5. The van der Waals surface area contributed by atoms with Crippen LogP contribution in [0.4, 0.5) is 0 Å². The first kappa shape index (κ1) is 34.0. The van der Waals surface area contributed by atoms with E-state index in [0.29, 0.717) is 76.1 Å². The average Bonchev–Trinajstić information content (AvgIpc) is 3.51. The first-order chi connectivity index (χ1) is 23.2. The van der Waals surface area contributed by atoms with Crippen molar-refractivity contribution >= 4 is 29.1 Å². The number of aliphatic hydroxyl groups excluding tert-OH is 1. The topological polar surface area (TPSA) is 135 Å². The van der Waals surface area contributed by atoms with Gasteiger partial charge in [0, 0.05) is 67.4 Å². The zero-order valence-electron chi connectivity index (χ0n) is 27.2. The highest BCUT2D eigenvalue weighted by molar-refractivity contribution is 6.39. The number of nitrogens with one attached hydrogen (secondary N) is 2. The van der Waals surface area contributed by atoms with E-state index >= 15 is 0 Å². The maximum Gasteiger partial charge on any atom is 0.237 e. The van der Waals surface area contributed by atoms with Crippen molar-refractivity contribution in [2.75, 3.05) is 33.9 Å². The summed E-state index contributed by atoms with van der Waals surface area (Å²) >= 11 is 14.1. The third kappa shape index (κ3) is 7.40. The minimum absolute atomic E-state index is 0.0832. The molecule has 2 fully saturated rings. The van der Waals surface area contributed by atoms with E-state index in [4.69, 9.17) is 47.6 Å². The van der Waals surface area contributed by atoms with Gasteiger partial charge in [-0.2, -0.15) is 0 Å². The molecule has 11 nitrogen and oxygen atoms in total. The standard InChI is InChI=1S/C35H39Cl2N7O4/c1-20-18-44(13-12-30(20)45)19-29-35(48-3)43-27(17-40-29)25-9-5-7-23(33(25)37)22-6-4-8-24(32(22)36)26-16-39-28(34(42-26)47-2)15-38-14-21-10-11-31(46)41-21/h4-9,16-17,20-21,30,38,45H,10-15,18-19H2,1-3H3,(H,41,46)/t20-,21+,30-/m1/s1. The first-order valence-corrected chi connectivity index (χ1v) is 16.8. The van der Waals surface area contributed by atoms with E-state index in [1.165, 1.54) is 0 Å². The van der Waals surface area contributed by atoms with Crippen LogP contribution in [0, 0.1) is 5.92 Å². The van der Waals surface area contributed by atoms with Crippen LogP contribution in [0.3, 0.4) is 0 Å². The Morgan fingerprint density at radius 2 is 1.50 bits per heavy atom. The van der Waals surface area contributed by atoms with Gasteiger partial charge in [-0.1, -0.05) is 66.5 Å². The molecule has 2 aliphatic heterocycles. The number of ether oxygens (including phenoxy) is 2. The number of carbonyl (C=O) groups is 1. The average molecular weight is 693 g/mol. The van der Waals surface area contributed by atoms with Gasteiger partial charge in [-0.3, -0.25) is 19.7 Å². The fraction of sp³-hybridized carbons (Fsp3) is 0.400. The number of aromatic nitrogens is 4. The Hall–Kier alpha value is -3.87. The van der Waals surface area contributed by atoms with Crippen molar-refractivity contribution in [3.8, 4) is 45.4 Å². The van der Waals surface area contributed by atoms with Gasteiger partial charge in [-0.25, -0.2) is 9.97 Å². The van der Waals surface area contributed by atoms with Crippen molar-refractivity contribution in [1.29, 1.82) is 0 Å². The highest BCUT2D eigenvalue weighted by Gasteiger charge is 2.26. The van der Waals surface area contributed by atoms with Crippen LogP contribution in [-0.2, 0) is 17.9 Å². The zero-order valence-corrected chi connectivity index (χ0v) is 28.7. The van der Waals surface area contributed by atoms with E-state index in [9.17, 15) is 9.90 Å². The molecule has 0 aliphatic carbocycles. The molecule has 13 heteroatoms. The van der Waals surface area contributed by atoms with Crippen LogP contribution in [0.2, 0.25) is 10.0 Å². The lowest BCUT2D eigenvalue weighted by atomic mass is 9.97. The van der Waals surface area contributed by atoms with Gasteiger partial charge in [0.15, 0.2) is 0 Å². The summed E-state index contributed by atoms with van der Waals surface area (Å²) in [7, 11) is 3.14. The largest absolute Gasteiger partial charge is 0.480 e. The second kappa shape index (κ2) is 15.1. The number of likely N-dealkylation sites (tertiary alicyclic amines) is 1. The highest BCUT2D eigenvalue weighted by Crippen LogP contribution is 2.42. The van der Waals surface area contributed by atoms with Crippen LogP contribution >= 0.6 is 23.2 Å². The molecule has 2 saturated heterocycles. The van der Waals surface area contributed by atoms with Crippen LogP contribution < -0.4 is 20.1 Å². The molecule has 2 aromatic carbocycles. The van der Waals surface area contributed by atoms with E-state index in [0.717, 1.165) is 42.8 Å². The fourth-order valence-corrected chi connectivity index (χ4v) is 6.91. The van der Waals surface area contributed by atoms with Gasteiger partial charge in [-0.15, -0.1) is 0 Å². The molecule has 0 bridgehead atoms. The smallest absolute Gasteiger partial charge is 0.237 e. The SMILES string of the molecule is COc1nc(-c2cccc(-c3cccc(-c4cnc(CN5CC[C@@H](O)[C@H](C)C5)c(OC)n4)c3Cl)c2Cl)cnc1CNC[C@@H]1CCC(=O)N1. The second-order valence-electron chi connectivity index (χ2n) is 12.3. The third-order valence-electron chi connectivity index (χ3n) is 8.93. The Labute approximate surface area is 290 Å². The van der Waals surface area contributed by atoms with Gasteiger partial charge in [0.1, 0.15) is 11.4 Å². The number of rotatable bonds is 11. The summed E-state index contributed by atoms with van der Waals surface area (Å²) in [5.41, 5.74) is 5.34. The molecule has 3 atom stereocenters. The van der Waals surface area contributed by atoms with Crippen molar-refractivity contribution in [3.63, 3.8) is 0 Å². The van der Waals surface area contributed by atoms with E-state index in [1.54, 1.807) is 26.6 Å². The van der Waals surface area contributed by atoms with Crippen LogP contribution in [0.25, 0.3) is 33.6 Å². The highest BCUT2D eigenvalue weighted by atomic mass is 35.5. The number of benzene rings is 2. The Kier molecular flexibility index (Phi) is 10.7. The van der Waals surface area contributed by atoms with E-state index < -0.39 is 0 Å².